The van der Waals surface area contributed by atoms with Crippen LogP contribution in [0.2, 0.25) is 0 Å². The van der Waals surface area contributed by atoms with Gasteiger partial charge >= 0.3 is 0 Å². The van der Waals surface area contributed by atoms with E-state index in [9.17, 15) is 9.59 Å². The molecule has 2 amide bonds. The summed E-state index contributed by atoms with van der Waals surface area (Å²) in [7, 11) is 0. The quantitative estimate of drug-likeness (QED) is 0.472. The smallest absolute Gasteiger partial charge is 0.270 e. The van der Waals surface area contributed by atoms with E-state index in [1.165, 1.54) is 10.5 Å². The summed E-state index contributed by atoms with van der Waals surface area (Å²) in [6.45, 7) is 6.68. The summed E-state index contributed by atoms with van der Waals surface area (Å²) in [6, 6.07) is 14.8. The minimum Gasteiger partial charge on any atom is -0.494 e. The molecule has 3 rings (SSSR count). The molecule has 1 aliphatic rings. The molecule has 0 radical (unpaired) electrons. The highest BCUT2D eigenvalue weighted by atomic mass is 32.1. The summed E-state index contributed by atoms with van der Waals surface area (Å²) in [5.74, 6) is 0.163. The van der Waals surface area contributed by atoms with Crippen LogP contribution in [0.25, 0.3) is 6.08 Å². The van der Waals surface area contributed by atoms with Gasteiger partial charge in [0, 0.05) is 0 Å². The normalized spacial score (nSPS) is 15.9. The number of hydrogen-bond acceptors (Lipinski definition) is 4. The van der Waals surface area contributed by atoms with Crippen molar-refractivity contribution in [2.45, 2.75) is 26.7 Å². The number of rotatable bonds is 5. The largest absolute Gasteiger partial charge is 0.494 e. The maximum Gasteiger partial charge on any atom is 0.270 e. The maximum atomic E-state index is 13.0. The molecule has 1 fully saturated rings. The van der Waals surface area contributed by atoms with Crippen LogP contribution in [0.1, 0.15) is 37.8 Å². The van der Waals surface area contributed by atoms with E-state index in [1.54, 1.807) is 30.3 Å². The summed E-state index contributed by atoms with van der Waals surface area (Å²) < 4.78 is 5.43. The molecule has 0 aliphatic carbocycles. The fourth-order valence-electron chi connectivity index (χ4n) is 2.89. The zero-order chi connectivity index (χ0) is 20.3. The topological polar surface area (TPSA) is 58.6 Å². The average molecular weight is 394 g/mol. The van der Waals surface area contributed by atoms with Gasteiger partial charge in [-0.15, -0.1) is 0 Å². The molecule has 0 aromatic heterocycles. The van der Waals surface area contributed by atoms with Gasteiger partial charge < -0.3 is 4.74 Å². The lowest BCUT2D eigenvalue weighted by Crippen LogP contribution is -2.54. The second kappa shape index (κ2) is 8.35. The summed E-state index contributed by atoms with van der Waals surface area (Å²) in [6.07, 6.45) is 1.59. The molecule has 2 aromatic rings. The van der Waals surface area contributed by atoms with Gasteiger partial charge in [0.15, 0.2) is 5.11 Å². The lowest BCUT2D eigenvalue weighted by Gasteiger charge is -2.29. The van der Waals surface area contributed by atoms with Crippen LogP contribution < -0.4 is 15.0 Å². The van der Waals surface area contributed by atoms with E-state index in [0.717, 1.165) is 5.56 Å². The van der Waals surface area contributed by atoms with E-state index in [4.69, 9.17) is 17.0 Å². The highest BCUT2D eigenvalue weighted by Crippen LogP contribution is 2.25. The molecule has 5 nitrogen and oxygen atoms in total. The molecule has 1 aliphatic heterocycles. The number of carbonyl (C=O) groups excluding carboxylic acids is 2. The van der Waals surface area contributed by atoms with Gasteiger partial charge in [-0.1, -0.05) is 38.1 Å². The predicted octanol–water partition coefficient (Wildman–Crippen LogP) is 4.04. The number of thiocarbonyl (C=S) groups is 1. The Bertz CT molecular complexity index is 931. The molecule has 0 atom stereocenters. The molecule has 0 spiro atoms. The second-order valence-corrected chi connectivity index (χ2v) is 7.09. The number of carbonyl (C=O) groups is 2. The van der Waals surface area contributed by atoms with Gasteiger partial charge in [0.1, 0.15) is 11.3 Å². The van der Waals surface area contributed by atoms with Crippen LogP contribution >= 0.6 is 12.2 Å². The van der Waals surface area contributed by atoms with Crippen LogP contribution in [0.5, 0.6) is 5.75 Å². The van der Waals surface area contributed by atoms with Crippen molar-refractivity contribution in [1.29, 1.82) is 0 Å². The molecule has 0 unspecified atom stereocenters. The third-order valence-electron chi connectivity index (χ3n) is 4.42. The van der Waals surface area contributed by atoms with Crippen LogP contribution in [0.4, 0.5) is 5.69 Å². The van der Waals surface area contributed by atoms with Crippen molar-refractivity contribution >= 4 is 40.9 Å². The highest BCUT2D eigenvalue weighted by molar-refractivity contribution is 7.80. The first-order valence-electron chi connectivity index (χ1n) is 9.15. The van der Waals surface area contributed by atoms with Gasteiger partial charge in [0.2, 0.25) is 0 Å². The van der Waals surface area contributed by atoms with Gasteiger partial charge in [0.05, 0.1) is 12.3 Å². The summed E-state index contributed by atoms with van der Waals surface area (Å²) in [5, 5.41) is 2.66. The number of hydrogen-bond donors (Lipinski definition) is 1. The van der Waals surface area contributed by atoms with E-state index in [1.807, 2.05) is 31.2 Å². The van der Waals surface area contributed by atoms with Crippen molar-refractivity contribution in [2.75, 3.05) is 11.5 Å². The Morgan fingerprint density at radius 1 is 1.07 bits per heavy atom. The Balaban J connectivity index is 1.91. The van der Waals surface area contributed by atoms with Gasteiger partial charge in [-0.2, -0.15) is 0 Å². The SMILES string of the molecule is CCOc1ccc(N2C(=O)/C(=C/c3ccc(C(C)C)cc3)C(=O)NC2=S)cc1. The van der Waals surface area contributed by atoms with E-state index in [-0.39, 0.29) is 10.7 Å². The van der Waals surface area contributed by atoms with E-state index in [0.29, 0.717) is 24.0 Å². The standard InChI is InChI=1S/C22H22N2O3S/c1-4-27-18-11-9-17(10-12-18)24-21(26)19(20(25)23-22(24)28)13-15-5-7-16(8-6-15)14(2)3/h5-14H,4H2,1-3H3,(H,23,25,28)/b19-13+. The van der Waals surface area contributed by atoms with Crippen molar-refractivity contribution in [3.8, 4) is 5.75 Å². The Hall–Kier alpha value is -2.99. The molecule has 0 bridgehead atoms. The molecule has 144 valence electrons. The number of ether oxygens (including phenoxy) is 1. The Kier molecular flexibility index (Phi) is 5.90. The molecular formula is C22H22N2O3S. The Morgan fingerprint density at radius 3 is 2.29 bits per heavy atom. The zero-order valence-electron chi connectivity index (χ0n) is 16.1. The molecule has 28 heavy (non-hydrogen) atoms. The van der Waals surface area contributed by atoms with E-state index < -0.39 is 11.8 Å². The number of anilines is 1. The van der Waals surface area contributed by atoms with Crippen molar-refractivity contribution < 1.29 is 14.3 Å². The van der Waals surface area contributed by atoms with Crippen LogP contribution in [0.3, 0.4) is 0 Å². The Labute approximate surface area is 170 Å². The fourth-order valence-corrected chi connectivity index (χ4v) is 3.17. The minimum absolute atomic E-state index is 0.0415. The molecular weight excluding hydrogens is 372 g/mol. The number of nitrogens with one attached hydrogen (secondary N) is 1. The lowest BCUT2D eigenvalue weighted by atomic mass is 10.0. The zero-order valence-corrected chi connectivity index (χ0v) is 16.9. The van der Waals surface area contributed by atoms with E-state index in [2.05, 4.69) is 19.2 Å². The van der Waals surface area contributed by atoms with Crippen molar-refractivity contribution in [2.24, 2.45) is 0 Å². The van der Waals surface area contributed by atoms with Crippen LogP contribution in [-0.4, -0.2) is 23.5 Å². The second-order valence-electron chi connectivity index (χ2n) is 6.71. The first-order valence-corrected chi connectivity index (χ1v) is 9.55. The lowest BCUT2D eigenvalue weighted by molar-refractivity contribution is -0.122. The number of nitrogens with zero attached hydrogens (tertiary/aromatic N) is 1. The van der Waals surface area contributed by atoms with E-state index >= 15 is 0 Å². The van der Waals surface area contributed by atoms with Crippen molar-refractivity contribution in [3.05, 3.63) is 65.2 Å². The molecule has 2 aromatic carbocycles. The van der Waals surface area contributed by atoms with Gasteiger partial charge in [-0.05, 0) is 66.5 Å². The average Bonchev–Trinajstić information content (AvgIpc) is 2.67. The highest BCUT2D eigenvalue weighted by Gasteiger charge is 2.34. The number of amides is 2. The Morgan fingerprint density at radius 2 is 1.71 bits per heavy atom. The molecule has 0 saturated carbocycles. The first kappa shape index (κ1) is 19.8. The predicted molar refractivity (Wildman–Crippen MR) is 114 cm³/mol. The fraction of sp³-hybridized carbons (Fsp3) is 0.227. The molecule has 6 heteroatoms. The van der Waals surface area contributed by atoms with Gasteiger partial charge in [-0.25, -0.2) is 0 Å². The van der Waals surface area contributed by atoms with Gasteiger partial charge in [0.25, 0.3) is 11.8 Å². The van der Waals surface area contributed by atoms with Crippen molar-refractivity contribution in [3.63, 3.8) is 0 Å². The molecule has 1 heterocycles. The summed E-state index contributed by atoms with van der Waals surface area (Å²) >= 11 is 5.23. The monoisotopic (exact) mass is 394 g/mol. The summed E-state index contributed by atoms with van der Waals surface area (Å²) in [4.78, 5) is 26.7. The first-order chi connectivity index (χ1) is 13.4. The van der Waals surface area contributed by atoms with Gasteiger partial charge in [-0.3, -0.25) is 19.8 Å². The third-order valence-corrected chi connectivity index (χ3v) is 4.71. The van der Waals surface area contributed by atoms with Crippen LogP contribution in [0, 0.1) is 0 Å². The summed E-state index contributed by atoms with van der Waals surface area (Å²) in [5.41, 5.74) is 2.58. The third kappa shape index (κ3) is 4.12. The molecule has 1 saturated heterocycles. The van der Waals surface area contributed by atoms with Crippen molar-refractivity contribution in [1.82, 2.24) is 5.32 Å². The van der Waals surface area contributed by atoms with Crippen LogP contribution in [-0.2, 0) is 9.59 Å². The number of benzene rings is 2. The minimum atomic E-state index is -0.495. The molecule has 1 N–H and O–H groups in total. The van der Waals surface area contributed by atoms with Crippen LogP contribution in [0.15, 0.2) is 54.1 Å². The maximum absolute atomic E-state index is 13.0.